The lowest BCUT2D eigenvalue weighted by molar-refractivity contribution is 0.874. The summed E-state index contributed by atoms with van der Waals surface area (Å²) in [4.78, 5) is 4.78. The second kappa shape index (κ2) is 5.85. The number of rotatable bonds is 5. The lowest BCUT2D eigenvalue weighted by Gasteiger charge is -2.06. The molecule has 0 atom stereocenters. The van der Waals surface area contributed by atoms with E-state index < -0.39 is 0 Å². The van der Waals surface area contributed by atoms with E-state index in [2.05, 4.69) is 49.7 Å². The van der Waals surface area contributed by atoms with E-state index in [0.717, 1.165) is 24.2 Å². The van der Waals surface area contributed by atoms with Gasteiger partial charge < -0.3 is 4.57 Å². The summed E-state index contributed by atoms with van der Waals surface area (Å²) in [5, 5.41) is 0. The zero-order valence-electron chi connectivity index (χ0n) is 11.6. The van der Waals surface area contributed by atoms with Gasteiger partial charge in [0.05, 0.1) is 11.0 Å². The summed E-state index contributed by atoms with van der Waals surface area (Å²) in [5.74, 6) is 1.13. The molecule has 96 valence electrons. The van der Waals surface area contributed by atoms with Crippen molar-refractivity contribution in [3.63, 3.8) is 0 Å². The molecule has 0 unspecified atom stereocenters. The summed E-state index contributed by atoms with van der Waals surface area (Å²) in [6.07, 6.45) is 6.95. The van der Waals surface area contributed by atoms with Gasteiger partial charge in [-0.1, -0.05) is 44.9 Å². The number of aromatic nitrogens is 2. The Labute approximate surface area is 109 Å². The maximum absolute atomic E-state index is 4.78. The molecule has 0 aliphatic carbocycles. The van der Waals surface area contributed by atoms with Crippen molar-refractivity contribution < 1.29 is 0 Å². The predicted octanol–water partition coefficient (Wildman–Crippen LogP) is 4.56. The number of benzene rings is 1. The third-order valence-electron chi connectivity index (χ3n) is 3.27. The Balaban J connectivity index is 2.47. The summed E-state index contributed by atoms with van der Waals surface area (Å²) < 4.78 is 2.21. The molecule has 0 N–H and O–H groups in total. The lowest BCUT2D eigenvalue weighted by atomic mass is 10.1. The molecule has 1 aromatic heterocycles. The Morgan fingerprint density at radius 3 is 2.67 bits per heavy atom. The first-order chi connectivity index (χ1) is 8.77. The summed E-state index contributed by atoms with van der Waals surface area (Å²) >= 11 is 0. The highest BCUT2D eigenvalue weighted by Crippen LogP contribution is 2.24. The van der Waals surface area contributed by atoms with Crippen LogP contribution in [0.2, 0.25) is 0 Å². The van der Waals surface area contributed by atoms with Gasteiger partial charge in [0.1, 0.15) is 5.82 Å². The number of para-hydroxylation sites is 2. The van der Waals surface area contributed by atoms with E-state index in [9.17, 15) is 0 Å². The smallest absolute Gasteiger partial charge is 0.136 e. The van der Waals surface area contributed by atoms with Crippen molar-refractivity contribution >= 4 is 16.6 Å². The molecule has 1 heterocycles. The number of aryl methyl sites for hydroxylation is 1. The molecular weight excluding hydrogens is 220 g/mol. The monoisotopic (exact) mass is 242 g/mol. The maximum atomic E-state index is 4.78. The molecule has 2 heteroatoms. The minimum atomic E-state index is 1.09. The van der Waals surface area contributed by atoms with Crippen molar-refractivity contribution in [3.05, 3.63) is 36.2 Å². The van der Waals surface area contributed by atoms with E-state index in [-0.39, 0.29) is 0 Å². The van der Waals surface area contributed by atoms with Gasteiger partial charge in [-0.3, -0.25) is 0 Å². The van der Waals surface area contributed by atoms with Gasteiger partial charge in [0, 0.05) is 7.05 Å². The molecule has 0 amide bonds. The van der Waals surface area contributed by atoms with Crippen molar-refractivity contribution in [2.24, 2.45) is 7.05 Å². The number of allylic oxidation sites excluding steroid dienone is 2. The van der Waals surface area contributed by atoms with Crippen molar-refractivity contribution in [3.8, 4) is 0 Å². The second-order valence-corrected chi connectivity index (χ2v) is 4.75. The van der Waals surface area contributed by atoms with Gasteiger partial charge in [-0.15, -0.1) is 0 Å². The quantitative estimate of drug-likeness (QED) is 0.751. The van der Waals surface area contributed by atoms with Crippen LogP contribution in [-0.2, 0) is 7.05 Å². The van der Waals surface area contributed by atoms with E-state index in [1.54, 1.807) is 0 Å². The van der Waals surface area contributed by atoms with Gasteiger partial charge in [0.15, 0.2) is 0 Å². The van der Waals surface area contributed by atoms with Crippen LogP contribution in [0.15, 0.2) is 30.3 Å². The van der Waals surface area contributed by atoms with Crippen LogP contribution in [0.5, 0.6) is 0 Å². The topological polar surface area (TPSA) is 17.8 Å². The predicted molar refractivity (Wildman–Crippen MR) is 78.5 cm³/mol. The highest BCUT2D eigenvalue weighted by atomic mass is 15.1. The first-order valence-electron chi connectivity index (χ1n) is 6.88. The average Bonchev–Trinajstić information content (AvgIpc) is 2.73. The number of nitrogens with zero attached hydrogens (tertiary/aromatic N) is 2. The second-order valence-electron chi connectivity index (χ2n) is 4.75. The summed E-state index contributed by atoms with van der Waals surface area (Å²) in [6.45, 7) is 4.44. The van der Waals surface area contributed by atoms with Gasteiger partial charge in [-0.25, -0.2) is 4.98 Å². The van der Waals surface area contributed by atoms with Crippen LogP contribution >= 0.6 is 0 Å². The SMILES string of the molecule is CCC/C=C(/CCC)c1nc2ccccc2n1C. The van der Waals surface area contributed by atoms with E-state index in [1.807, 2.05) is 6.07 Å². The number of hydrogen-bond acceptors (Lipinski definition) is 1. The summed E-state index contributed by atoms with van der Waals surface area (Å²) in [7, 11) is 2.11. The molecule has 2 nitrogen and oxygen atoms in total. The van der Waals surface area contributed by atoms with Crippen LogP contribution in [0.25, 0.3) is 16.6 Å². The first kappa shape index (κ1) is 12.9. The molecular formula is C16H22N2. The van der Waals surface area contributed by atoms with Gasteiger partial charge in [0.2, 0.25) is 0 Å². The van der Waals surface area contributed by atoms with E-state index in [1.165, 1.54) is 23.9 Å². The van der Waals surface area contributed by atoms with Gasteiger partial charge in [0.25, 0.3) is 0 Å². The van der Waals surface area contributed by atoms with Crippen LogP contribution in [0.3, 0.4) is 0 Å². The van der Waals surface area contributed by atoms with Crippen LogP contribution < -0.4 is 0 Å². The van der Waals surface area contributed by atoms with Gasteiger partial charge in [-0.05, 0) is 30.5 Å². The zero-order valence-corrected chi connectivity index (χ0v) is 11.6. The Bertz CT molecular complexity index is 549. The molecule has 0 bridgehead atoms. The molecule has 0 fully saturated rings. The molecule has 0 spiro atoms. The summed E-state index contributed by atoms with van der Waals surface area (Å²) in [6, 6.07) is 8.34. The zero-order chi connectivity index (χ0) is 13.0. The third-order valence-corrected chi connectivity index (χ3v) is 3.27. The van der Waals surface area contributed by atoms with E-state index >= 15 is 0 Å². The minimum Gasteiger partial charge on any atom is -0.327 e. The largest absolute Gasteiger partial charge is 0.327 e. The van der Waals surface area contributed by atoms with Crippen LogP contribution in [0.4, 0.5) is 0 Å². The molecule has 0 radical (unpaired) electrons. The fourth-order valence-corrected chi connectivity index (χ4v) is 2.33. The number of imidazole rings is 1. The molecule has 0 saturated carbocycles. The lowest BCUT2D eigenvalue weighted by Crippen LogP contribution is -1.97. The van der Waals surface area contributed by atoms with Crippen molar-refractivity contribution in [2.45, 2.75) is 39.5 Å². The van der Waals surface area contributed by atoms with Gasteiger partial charge >= 0.3 is 0 Å². The Hall–Kier alpha value is -1.57. The fourth-order valence-electron chi connectivity index (χ4n) is 2.33. The van der Waals surface area contributed by atoms with E-state index in [4.69, 9.17) is 4.98 Å². The maximum Gasteiger partial charge on any atom is 0.136 e. The molecule has 0 saturated heterocycles. The molecule has 2 rings (SSSR count). The van der Waals surface area contributed by atoms with Crippen molar-refractivity contribution in [1.29, 1.82) is 0 Å². The molecule has 18 heavy (non-hydrogen) atoms. The number of unbranched alkanes of at least 4 members (excludes halogenated alkanes) is 1. The minimum absolute atomic E-state index is 1.09. The third kappa shape index (κ3) is 2.47. The fraction of sp³-hybridized carbons (Fsp3) is 0.438. The first-order valence-corrected chi connectivity index (χ1v) is 6.88. The summed E-state index contributed by atoms with van der Waals surface area (Å²) in [5.41, 5.74) is 3.69. The molecule has 0 aliphatic heterocycles. The Kier molecular flexibility index (Phi) is 4.19. The van der Waals surface area contributed by atoms with Crippen molar-refractivity contribution in [2.75, 3.05) is 0 Å². The Morgan fingerprint density at radius 2 is 2.00 bits per heavy atom. The number of hydrogen-bond donors (Lipinski definition) is 0. The Morgan fingerprint density at radius 1 is 1.22 bits per heavy atom. The highest BCUT2D eigenvalue weighted by Gasteiger charge is 2.10. The van der Waals surface area contributed by atoms with Crippen LogP contribution in [-0.4, -0.2) is 9.55 Å². The molecule has 0 aliphatic rings. The van der Waals surface area contributed by atoms with Gasteiger partial charge in [-0.2, -0.15) is 0 Å². The van der Waals surface area contributed by atoms with Crippen molar-refractivity contribution in [1.82, 2.24) is 9.55 Å². The van der Waals surface area contributed by atoms with E-state index in [0.29, 0.717) is 0 Å². The van der Waals surface area contributed by atoms with Crippen LogP contribution in [0.1, 0.15) is 45.4 Å². The van der Waals surface area contributed by atoms with Crippen LogP contribution in [0, 0.1) is 0 Å². The molecule has 1 aromatic carbocycles. The number of fused-ring (bicyclic) bond motifs is 1. The molecule has 2 aromatic rings. The highest BCUT2D eigenvalue weighted by molar-refractivity contribution is 5.79. The normalized spacial score (nSPS) is 12.3. The standard InChI is InChI=1S/C16H22N2/c1-4-6-10-13(9-5-2)16-17-14-11-7-8-12-15(14)18(16)3/h7-8,10-12H,4-6,9H2,1-3H3/b13-10-. The average molecular weight is 242 g/mol.